The normalized spacial score (nSPS) is 23.3. The van der Waals surface area contributed by atoms with Gasteiger partial charge in [0.25, 0.3) is 0 Å². The number of ether oxygens (including phenoxy) is 2. The van der Waals surface area contributed by atoms with E-state index in [0.29, 0.717) is 0 Å². The number of aliphatic hydroxyl groups is 1. The molecule has 0 bridgehead atoms. The molecule has 0 aliphatic carbocycles. The van der Waals surface area contributed by atoms with E-state index in [1.54, 1.807) is 0 Å². The molecule has 2 heterocycles. The minimum atomic E-state index is -0.777. The zero-order chi connectivity index (χ0) is 21.8. The number of benzene rings is 2. The van der Waals surface area contributed by atoms with Crippen LogP contribution in [0.15, 0.2) is 82.5 Å². The number of rotatable bonds is 7. The Morgan fingerprint density at radius 2 is 1.68 bits per heavy atom. The summed E-state index contributed by atoms with van der Waals surface area (Å²) < 4.78 is 13.7. The predicted molar refractivity (Wildman–Crippen MR) is 117 cm³/mol. The third-order valence-electron chi connectivity index (χ3n) is 5.34. The number of hydrogen-bond acceptors (Lipinski definition) is 5. The average molecular weight is 487 g/mol. The molecule has 0 spiro atoms. The monoisotopic (exact) mass is 488 g/mol. The van der Waals surface area contributed by atoms with E-state index in [-0.39, 0.29) is 32.5 Å². The van der Waals surface area contributed by atoms with Gasteiger partial charge in [-0.3, -0.25) is 0 Å². The SMILES string of the molecule is C[Se][C@@H]1[C@H](O)[C@@H](COC(c2ccccc2)c2ccccc2)O[C@H]1n1ccc(=O)[nH]c1=O. The molecule has 4 atom stereocenters. The quantitative estimate of drug-likeness (QED) is 0.499. The Morgan fingerprint density at radius 3 is 2.23 bits per heavy atom. The molecule has 31 heavy (non-hydrogen) atoms. The molecule has 3 aromatic rings. The number of H-pyrrole nitrogens is 1. The van der Waals surface area contributed by atoms with E-state index in [4.69, 9.17) is 9.47 Å². The summed E-state index contributed by atoms with van der Waals surface area (Å²) >= 11 is 0.00662. The Bertz CT molecular complexity index is 1060. The summed E-state index contributed by atoms with van der Waals surface area (Å²) in [7, 11) is 0. The van der Waals surface area contributed by atoms with Gasteiger partial charge in [-0.05, 0) is 0 Å². The van der Waals surface area contributed by atoms with Crippen molar-refractivity contribution in [3.63, 3.8) is 0 Å². The van der Waals surface area contributed by atoms with E-state index < -0.39 is 29.7 Å². The third-order valence-corrected chi connectivity index (χ3v) is 7.56. The fraction of sp³-hybridized carbons (Fsp3) is 0.304. The Balaban J connectivity index is 1.55. The predicted octanol–water partition coefficient (Wildman–Crippen LogP) is 2.14. The van der Waals surface area contributed by atoms with Crippen molar-refractivity contribution in [2.75, 3.05) is 6.61 Å². The summed E-state index contributed by atoms with van der Waals surface area (Å²) in [5.74, 6) is 1.99. The number of nitrogens with zero attached hydrogens (tertiary/aromatic N) is 1. The Morgan fingerprint density at radius 1 is 1.06 bits per heavy atom. The number of hydrogen-bond donors (Lipinski definition) is 2. The summed E-state index contributed by atoms with van der Waals surface area (Å²) in [4.78, 5) is 25.7. The maximum absolute atomic E-state index is 12.3. The molecule has 1 aliphatic heterocycles. The topological polar surface area (TPSA) is 93.5 Å². The summed E-state index contributed by atoms with van der Waals surface area (Å²) in [6.45, 7) is 0.163. The second-order valence-electron chi connectivity index (χ2n) is 7.31. The van der Waals surface area contributed by atoms with Gasteiger partial charge in [0.15, 0.2) is 0 Å². The zero-order valence-electron chi connectivity index (χ0n) is 17.0. The summed E-state index contributed by atoms with van der Waals surface area (Å²) in [6, 6.07) is 21.1. The Kier molecular flexibility index (Phi) is 6.85. The van der Waals surface area contributed by atoms with Crippen molar-refractivity contribution in [2.45, 2.75) is 35.2 Å². The first-order valence-electron chi connectivity index (χ1n) is 9.98. The van der Waals surface area contributed by atoms with Crippen LogP contribution in [0.3, 0.4) is 0 Å². The fourth-order valence-electron chi connectivity index (χ4n) is 3.79. The van der Waals surface area contributed by atoms with Crippen LogP contribution in [0.1, 0.15) is 23.5 Å². The summed E-state index contributed by atoms with van der Waals surface area (Å²) in [5, 5.41) is 10.9. The van der Waals surface area contributed by atoms with Gasteiger partial charge in [0.1, 0.15) is 0 Å². The molecule has 7 nitrogen and oxygen atoms in total. The Labute approximate surface area is 185 Å². The number of nitrogens with one attached hydrogen (secondary N) is 1. The second kappa shape index (κ2) is 9.76. The van der Waals surface area contributed by atoms with Crippen LogP contribution in [0.4, 0.5) is 0 Å². The van der Waals surface area contributed by atoms with Crippen LogP contribution >= 0.6 is 0 Å². The van der Waals surface area contributed by atoms with Crippen molar-refractivity contribution < 1.29 is 14.6 Å². The number of aromatic nitrogens is 2. The van der Waals surface area contributed by atoms with E-state index in [2.05, 4.69) is 4.98 Å². The molecular weight excluding hydrogens is 463 g/mol. The van der Waals surface area contributed by atoms with E-state index in [9.17, 15) is 14.7 Å². The Hall–Kier alpha value is -2.48. The molecule has 4 rings (SSSR count). The molecule has 8 heteroatoms. The molecule has 2 aromatic carbocycles. The average Bonchev–Trinajstić information content (AvgIpc) is 3.10. The maximum atomic E-state index is 12.3. The van der Waals surface area contributed by atoms with E-state index in [0.717, 1.165) is 11.1 Å². The molecule has 1 aromatic heterocycles. The van der Waals surface area contributed by atoms with Crippen molar-refractivity contribution in [1.29, 1.82) is 0 Å². The summed E-state index contributed by atoms with van der Waals surface area (Å²) in [5.41, 5.74) is 0.996. The fourth-order valence-corrected chi connectivity index (χ4v) is 5.65. The summed E-state index contributed by atoms with van der Waals surface area (Å²) in [6.07, 6.45) is -0.910. The van der Waals surface area contributed by atoms with Gasteiger partial charge in [-0.15, -0.1) is 0 Å². The van der Waals surface area contributed by atoms with Crippen molar-refractivity contribution in [1.82, 2.24) is 9.55 Å². The molecule has 0 saturated carbocycles. The van der Waals surface area contributed by atoms with Crippen LogP contribution < -0.4 is 11.2 Å². The second-order valence-corrected chi connectivity index (χ2v) is 9.44. The zero-order valence-corrected chi connectivity index (χ0v) is 18.7. The van der Waals surface area contributed by atoms with Crippen molar-refractivity contribution >= 4 is 15.0 Å². The van der Waals surface area contributed by atoms with E-state index in [1.807, 2.05) is 66.5 Å². The molecule has 2 N–H and O–H groups in total. The molecule has 0 unspecified atom stereocenters. The molecule has 162 valence electrons. The van der Waals surface area contributed by atoms with Crippen molar-refractivity contribution in [3.8, 4) is 0 Å². The molecule has 0 radical (unpaired) electrons. The third kappa shape index (κ3) is 4.74. The van der Waals surface area contributed by atoms with Crippen LogP contribution in [0, 0.1) is 0 Å². The van der Waals surface area contributed by atoms with Crippen LogP contribution in [0.2, 0.25) is 10.6 Å². The van der Waals surface area contributed by atoms with Gasteiger partial charge in [0, 0.05) is 0 Å². The van der Waals surface area contributed by atoms with Gasteiger partial charge >= 0.3 is 186 Å². The van der Waals surface area contributed by atoms with Gasteiger partial charge in [0.05, 0.1) is 0 Å². The molecule has 1 aliphatic rings. The molecule has 1 fully saturated rings. The molecule has 1 saturated heterocycles. The van der Waals surface area contributed by atoms with Crippen LogP contribution in [-0.4, -0.2) is 48.4 Å². The van der Waals surface area contributed by atoms with Crippen LogP contribution in [-0.2, 0) is 9.47 Å². The molecular formula is C23H24N2O5Se. The van der Waals surface area contributed by atoms with Gasteiger partial charge in [-0.25, -0.2) is 0 Å². The molecule has 0 amide bonds. The minimum absolute atomic E-state index is 0.00662. The first-order valence-corrected chi connectivity index (χ1v) is 12.7. The van der Waals surface area contributed by atoms with E-state index >= 15 is 0 Å². The van der Waals surface area contributed by atoms with Gasteiger partial charge < -0.3 is 0 Å². The van der Waals surface area contributed by atoms with Crippen molar-refractivity contribution in [3.05, 3.63) is 105 Å². The van der Waals surface area contributed by atoms with Crippen molar-refractivity contribution in [2.24, 2.45) is 0 Å². The standard InChI is InChI=1S/C23H24N2O5Se/c1-31-21-19(27)17(30-22(21)25-13-12-18(26)24-23(25)28)14-29-20(15-8-4-2-5-9-15)16-10-6-3-7-11-16/h2-13,17,19-22,27H,14H2,1H3,(H,24,26,28)/t17-,19-,21-,22-/m1/s1. The number of aromatic amines is 1. The van der Waals surface area contributed by atoms with Crippen LogP contribution in [0.25, 0.3) is 0 Å². The van der Waals surface area contributed by atoms with E-state index in [1.165, 1.54) is 16.8 Å². The van der Waals surface area contributed by atoms with Gasteiger partial charge in [-0.1, -0.05) is 0 Å². The number of aliphatic hydroxyl groups excluding tert-OH is 1. The first-order chi connectivity index (χ1) is 15.1. The van der Waals surface area contributed by atoms with Gasteiger partial charge in [0.2, 0.25) is 0 Å². The van der Waals surface area contributed by atoms with Crippen LogP contribution in [0.5, 0.6) is 0 Å². The van der Waals surface area contributed by atoms with Gasteiger partial charge in [-0.2, -0.15) is 0 Å². The first kappa shape index (κ1) is 21.7.